The fourth-order valence-electron chi connectivity index (χ4n) is 1.53. The summed E-state index contributed by atoms with van der Waals surface area (Å²) in [6.45, 7) is 3.56. The summed E-state index contributed by atoms with van der Waals surface area (Å²) in [7, 11) is 0. The van der Waals surface area contributed by atoms with Gasteiger partial charge in [0.15, 0.2) is 5.13 Å². The summed E-state index contributed by atoms with van der Waals surface area (Å²) in [4.78, 5) is 16.1. The molecule has 1 amide bonds. The van der Waals surface area contributed by atoms with E-state index >= 15 is 0 Å². The number of nitrogens with one attached hydrogen (secondary N) is 2. The van der Waals surface area contributed by atoms with Crippen LogP contribution in [0.5, 0.6) is 0 Å². The first-order valence-electron chi connectivity index (χ1n) is 5.90. The van der Waals surface area contributed by atoms with Gasteiger partial charge in [-0.15, -0.1) is 11.3 Å². The van der Waals surface area contributed by atoms with Gasteiger partial charge in [-0.1, -0.05) is 11.6 Å². The van der Waals surface area contributed by atoms with Crippen LogP contribution >= 0.6 is 22.9 Å². The highest BCUT2D eigenvalue weighted by Gasteiger charge is 2.14. The molecule has 0 bridgehead atoms. The fraction of sp³-hybridized carbons (Fsp3) is 0.231. The van der Waals surface area contributed by atoms with E-state index in [-0.39, 0.29) is 10.9 Å². The average molecular weight is 314 g/mol. The monoisotopic (exact) mass is 313 g/mol. The van der Waals surface area contributed by atoms with Crippen molar-refractivity contribution in [1.29, 1.82) is 0 Å². The number of aryl methyl sites for hydroxylation is 1. The molecule has 1 aromatic heterocycles. The Labute approximate surface area is 125 Å². The van der Waals surface area contributed by atoms with Crippen LogP contribution in [0.25, 0.3) is 0 Å². The zero-order chi connectivity index (χ0) is 14.7. The van der Waals surface area contributed by atoms with Crippen molar-refractivity contribution in [3.63, 3.8) is 0 Å². The van der Waals surface area contributed by atoms with Crippen molar-refractivity contribution in [2.75, 3.05) is 10.6 Å². The standard InChI is InChI=1S/C13H13ClFN3OS/c1-7-6-20-13(16-7)18-12(19)8(2)17-9-3-4-11(15)10(14)5-9/h3-6,8,17H,1-2H3,(H,16,18,19). The lowest BCUT2D eigenvalue weighted by atomic mass is 10.2. The van der Waals surface area contributed by atoms with Gasteiger partial charge in [0.25, 0.3) is 0 Å². The van der Waals surface area contributed by atoms with E-state index in [1.54, 1.807) is 6.92 Å². The van der Waals surface area contributed by atoms with Crippen LogP contribution in [-0.4, -0.2) is 16.9 Å². The van der Waals surface area contributed by atoms with Crippen LogP contribution in [-0.2, 0) is 4.79 Å². The van der Waals surface area contributed by atoms with Gasteiger partial charge in [-0.2, -0.15) is 0 Å². The smallest absolute Gasteiger partial charge is 0.248 e. The molecule has 1 heterocycles. The molecule has 1 atom stereocenters. The Morgan fingerprint density at radius 1 is 1.50 bits per heavy atom. The second kappa shape index (κ2) is 6.19. The Balaban J connectivity index is 1.98. The van der Waals surface area contributed by atoms with Crippen molar-refractivity contribution in [3.05, 3.63) is 40.1 Å². The lowest BCUT2D eigenvalue weighted by Crippen LogP contribution is -2.31. The van der Waals surface area contributed by atoms with Crippen molar-refractivity contribution in [2.45, 2.75) is 19.9 Å². The van der Waals surface area contributed by atoms with E-state index in [0.29, 0.717) is 10.8 Å². The van der Waals surface area contributed by atoms with Crippen LogP contribution in [0.1, 0.15) is 12.6 Å². The van der Waals surface area contributed by atoms with E-state index in [1.165, 1.54) is 29.5 Å². The van der Waals surface area contributed by atoms with Gasteiger partial charge in [0.1, 0.15) is 11.9 Å². The first-order valence-corrected chi connectivity index (χ1v) is 7.16. The molecule has 1 unspecified atom stereocenters. The van der Waals surface area contributed by atoms with Crippen LogP contribution in [0, 0.1) is 12.7 Å². The Morgan fingerprint density at radius 3 is 2.85 bits per heavy atom. The summed E-state index contributed by atoms with van der Waals surface area (Å²) in [6, 6.07) is 3.72. The van der Waals surface area contributed by atoms with Crippen molar-refractivity contribution < 1.29 is 9.18 Å². The Bertz CT molecular complexity index is 632. The largest absolute Gasteiger partial charge is 0.374 e. The summed E-state index contributed by atoms with van der Waals surface area (Å²) in [6.07, 6.45) is 0. The fourth-order valence-corrected chi connectivity index (χ4v) is 2.40. The summed E-state index contributed by atoms with van der Waals surface area (Å²) >= 11 is 7.05. The van der Waals surface area contributed by atoms with E-state index in [2.05, 4.69) is 15.6 Å². The van der Waals surface area contributed by atoms with Crippen LogP contribution < -0.4 is 10.6 Å². The Morgan fingerprint density at radius 2 is 2.25 bits per heavy atom. The van der Waals surface area contributed by atoms with E-state index in [4.69, 9.17) is 11.6 Å². The number of anilines is 2. The molecule has 0 spiro atoms. The molecular formula is C13H13ClFN3OS. The summed E-state index contributed by atoms with van der Waals surface area (Å²) in [5, 5.41) is 8.08. The number of halogens is 2. The maximum Gasteiger partial charge on any atom is 0.248 e. The van der Waals surface area contributed by atoms with Crippen LogP contribution in [0.3, 0.4) is 0 Å². The summed E-state index contributed by atoms with van der Waals surface area (Å²) < 4.78 is 13.0. The van der Waals surface area contributed by atoms with Gasteiger partial charge in [-0.25, -0.2) is 9.37 Å². The Kier molecular flexibility index (Phi) is 4.57. The first-order chi connectivity index (χ1) is 9.45. The number of thiazole rings is 1. The molecule has 0 aliphatic carbocycles. The van der Waals surface area contributed by atoms with E-state index < -0.39 is 11.9 Å². The number of carbonyl (C=O) groups is 1. The van der Waals surface area contributed by atoms with Crippen LogP contribution in [0.15, 0.2) is 23.6 Å². The van der Waals surface area contributed by atoms with Gasteiger partial charge >= 0.3 is 0 Å². The Hall–Kier alpha value is -1.66. The third kappa shape index (κ3) is 3.68. The van der Waals surface area contributed by atoms with Gasteiger partial charge < -0.3 is 10.6 Å². The van der Waals surface area contributed by atoms with E-state index in [1.807, 2.05) is 12.3 Å². The topological polar surface area (TPSA) is 54.0 Å². The minimum Gasteiger partial charge on any atom is -0.374 e. The lowest BCUT2D eigenvalue weighted by molar-refractivity contribution is -0.116. The SMILES string of the molecule is Cc1csc(NC(=O)C(C)Nc2ccc(F)c(Cl)c2)n1. The van der Waals surface area contributed by atoms with E-state index in [9.17, 15) is 9.18 Å². The number of nitrogens with zero attached hydrogens (tertiary/aromatic N) is 1. The summed E-state index contributed by atoms with van der Waals surface area (Å²) in [5.41, 5.74) is 1.44. The quantitative estimate of drug-likeness (QED) is 0.905. The molecular weight excluding hydrogens is 301 g/mol. The number of benzene rings is 1. The molecule has 4 nitrogen and oxygen atoms in total. The molecule has 0 saturated heterocycles. The molecule has 0 fully saturated rings. The molecule has 2 N–H and O–H groups in total. The third-order valence-corrected chi connectivity index (χ3v) is 3.71. The number of amides is 1. The average Bonchev–Trinajstić information content (AvgIpc) is 2.79. The third-order valence-electron chi connectivity index (χ3n) is 2.55. The normalized spacial score (nSPS) is 12.0. The first kappa shape index (κ1) is 14.7. The molecule has 0 aliphatic rings. The molecule has 2 rings (SSSR count). The molecule has 2 aromatic rings. The highest BCUT2D eigenvalue weighted by atomic mass is 35.5. The van der Waals surface area contributed by atoms with Crippen molar-refractivity contribution in [1.82, 2.24) is 4.98 Å². The molecule has 0 radical (unpaired) electrons. The predicted octanol–water partition coefficient (Wildman–Crippen LogP) is 3.68. The zero-order valence-corrected chi connectivity index (χ0v) is 12.5. The second-order valence-corrected chi connectivity index (χ2v) is 5.54. The van der Waals surface area contributed by atoms with Gasteiger partial charge in [0.05, 0.1) is 10.7 Å². The molecule has 1 aromatic carbocycles. The van der Waals surface area contributed by atoms with Crippen LogP contribution in [0.2, 0.25) is 5.02 Å². The van der Waals surface area contributed by atoms with Gasteiger partial charge in [-0.05, 0) is 32.0 Å². The van der Waals surface area contributed by atoms with Gasteiger partial charge in [0.2, 0.25) is 5.91 Å². The number of rotatable bonds is 4. The highest BCUT2D eigenvalue weighted by Crippen LogP contribution is 2.20. The van der Waals surface area contributed by atoms with Crippen molar-refractivity contribution in [3.8, 4) is 0 Å². The number of hydrogen-bond donors (Lipinski definition) is 2. The molecule has 0 aliphatic heterocycles. The molecule has 106 valence electrons. The minimum absolute atomic E-state index is 0.0122. The number of aromatic nitrogens is 1. The molecule has 7 heteroatoms. The minimum atomic E-state index is -0.499. The molecule has 20 heavy (non-hydrogen) atoms. The number of hydrogen-bond acceptors (Lipinski definition) is 4. The molecule has 0 saturated carbocycles. The lowest BCUT2D eigenvalue weighted by Gasteiger charge is -2.14. The highest BCUT2D eigenvalue weighted by molar-refractivity contribution is 7.13. The van der Waals surface area contributed by atoms with E-state index in [0.717, 1.165) is 5.69 Å². The zero-order valence-electron chi connectivity index (χ0n) is 10.9. The van der Waals surface area contributed by atoms with Gasteiger partial charge in [-0.3, -0.25) is 4.79 Å². The second-order valence-electron chi connectivity index (χ2n) is 4.28. The van der Waals surface area contributed by atoms with Gasteiger partial charge in [0, 0.05) is 11.1 Å². The predicted molar refractivity (Wildman–Crippen MR) is 80.0 cm³/mol. The van der Waals surface area contributed by atoms with Crippen molar-refractivity contribution in [2.24, 2.45) is 0 Å². The summed E-state index contributed by atoms with van der Waals surface area (Å²) in [5.74, 6) is -0.715. The maximum atomic E-state index is 13.0. The van der Waals surface area contributed by atoms with Crippen molar-refractivity contribution >= 4 is 39.7 Å². The maximum absolute atomic E-state index is 13.0. The number of carbonyl (C=O) groups excluding carboxylic acids is 1. The van der Waals surface area contributed by atoms with Crippen LogP contribution in [0.4, 0.5) is 15.2 Å².